The van der Waals surface area contributed by atoms with Gasteiger partial charge in [0.15, 0.2) is 5.25 Å². The van der Waals surface area contributed by atoms with Crippen LogP contribution in [0.2, 0.25) is 0 Å². The second-order valence-electron chi connectivity index (χ2n) is 4.09. The third-order valence-electron chi connectivity index (χ3n) is 3.11. The number of sulfonamides is 1. The van der Waals surface area contributed by atoms with Gasteiger partial charge in [0.2, 0.25) is 10.0 Å². The lowest BCUT2D eigenvalue weighted by Gasteiger charge is -2.40. The third kappa shape index (κ3) is 2.72. The van der Waals surface area contributed by atoms with Crippen LogP contribution in [0, 0.1) is 0 Å². The van der Waals surface area contributed by atoms with Crippen molar-refractivity contribution in [2.45, 2.75) is 37.0 Å². The highest BCUT2D eigenvalue weighted by Gasteiger charge is 2.39. The molecule has 7 heteroatoms. The lowest BCUT2D eigenvalue weighted by atomic mass is 9.80. The number of carbonyl (C=O) groups is 1. The number of nitrogens with one attached hydrogen (secondary N) is 1. The van der Waals surface area contributed by atoms with Gasteiger partial charge in [0.05, 0.1) is 5.60 Å². The van der Waals surface area contributed by atoms with Crippen molar-refractivity contribution in [3.8, 4) is 0 Å². The Labute approximate surface area is 95.0 Å². The number of carboxylic acid groups (broad SMARTS) is 1. The van der Waals surface area contributed by atoms with Crippen molar-refractivity contribution in [1.82, 2.24) is 4.72 Å². The molecule has 0 saturated heterocycles. The van der Waals surface area contributed by atoms with E-state index in [1.165, 1.54) is 7.11 Å². The second kappa shape index (κ2) is 4.68. The Hall–Kier alpha value is -0.660. The van der Waals surface area contributed by atoms with Gasteiger partial charge in [0, 0.05) is 13.7 Å². The molecule has 2 N–H and O–H groups in total. The largest absolute Gasteiger partial charge is 0.480 e. The van der Waals surface area contributed by atoms with Gasteiger partial charge in [-0.15, -0.1) is 0 Å². The van der Waals surface area contributed by atoms with E-state index in [4.69, 9.17) is 9.84 Å². The van der Waals surface area contributed by atoms with E-state index in [0.29, 0.717) is 0 Å². The first kappa shape index (κ1) is 13.4. The van der Waals surface area contributed by atoms with E-state index in [1.54, 1.807) is 0 Å². The highest BCUT2D eigenvalue weighted by molar-refractivity contribution is 7.90. The molecule has 0 aromatic rings. The van der Waals surface area contributed by atoms with Gasteiger partial charge in [-0.2, -0.15) is 0 Å². The Kier molecular flexibility index (Phi) is 3.92. The van der Waals surface area contributed by atoms with E-state index in [-0.39, 0.29) is 6.54 Å². The fourth-order valence-electron chi connectivity index (χ4n) is 1.51. The molecule has 6 nitrogen and oxygen atoms in total. The van der Waals surface area contributed by atoms with Crippen LogP contribution in [0.25, 0.3) is 0 Å². The third-order valence-corrected chi connectivity index (χ3v) is 4.79. The molecule has 0 aromatic heterocycles. The van der Waals surface area contributed by atoms with Crippen molar-refractivity contribution in [3.05, 3.63) is 0 Å². The summed E-state index contributed by atoms with van der Waals surface area (Å²) in [4.78, 5) is 10.6. The van der Waals surface area contributed by atoms with Gasteiger partial charge in [-0.3, -0.25) is 4.79 Å². The molecule has 0 spiro atoms. The minimum atomic E-state index is -3.81. The van der Waals surface area contributed by atoms with Gasteiger partial charge in [0.25, 0.3) is 0 Å². The average molecular weight is 251 g/mol. The molecular weight excluding hydrogens is 234 g/mol. The fraction of sp³-hybridized carbons (Fsp3) is 0.889. The van der Waals surface area contributed by atoms with Gasteiger partial charge in [0.1, 0.15) is 0 Å². The van der Waals surface area contributed by atoms with Gasteiger partial charge in [-0.25, -0.2) is 13.1 Å². The number of rotatable bonds is 6. The van der Waals surface area contributed by atoms with Crippen molar-refractivity contribution in [2.75, 3.05) is 13.7 Å². The Balaban J connectivity index is 2.57. The maximum Gasteiger partial charge on any atom is 0.323 e. The summed E-state index contributed by atoms with van der Waals surface area (Å²) < 4.78 is 30.6. The van der Waals surface area contributed by atoms with E-state index in [1.807, 2.05) is 0 Å². The second-order valence-corrected chi connectivity index (χ2v) is 6.17. The molecule has 1 aliphatic carbocycles. The molecule has 0 heterocycles. The molecule has 1 saturated carbocycles. The quantitative estimate of drug-likeness (QED) is 0.690. The van der Waals surface area contributed by atoms with Crippen molar-refractivity contribution < 1.29 is 23.1 Å². The van der Waals surface area contributed by atoms with Crippen LogP contribution in [-0.4, -0.2) is 44.0 Å². The SMILES string of the molecule is COC1(CNS(=O)(=O)C(C)C(=O)O)CCC1. The van der Waals surface area contributed by atoms with E-state index in [9.17, 15) is 13.2 Å². The minimum absolute atomic E-state index is 0.142. The molecule has 1 unspecified atom stereocenters. The van der Waals surface area contributed by atoms with Crippen molar-refractivity contribution >= 4 is 16.0 Å². The van der Waals surface area contributed by atoms with E-state index in [2.05, 4.69) is 4.72 Å². The molecular formula is C9H17NO5S. The monoisotopic (exact) mass is 251 g/mol. The molecule has 1 fully saturated rings. The highest BCUT2D eigenvalue weighted by atomic mass is 32.2. The van der Waals surface area contributed by atoms with Crippen LogP contribution in [-0.2, 0) is 19.6 Å². The van der Waals surface area contributed by atoms with Crippen LogP contribution in [0.4, 0.5) is 0 Å². The van der Waals surface area contributed by atoms with Gasteiger partial charge < -0.3 is 9.84 Å². The van der Waals surface area contributed by atoms with E-state index < -0.39 is 26.8 Å². The number of methoxy groups -OCH3 is 1. The summed E-state index contributed by atoms with van der Waals surface area (Å²) >= 11 is 0. The predicted octanol–water partition coefficient (Wildman–Crippen LogP) is -0.0520. The molecule has 0 amide bonds. The molecule has 0 radical (unpaired) electrons. The molecule has 0 aromatic carbocycles. The van der Waals surface area contributed by atoms with Crippen molar-refractivity contribution in [3.63, 3.8) is 0 Å². The maximum atomic E-state index is 11.5. The summed E-state index contributed by atoms with van der Waals surface area (Å²) in [6.45, 7) is 1.29. The number of hydrogen-bond acceptors (Lipinski definition) is 4. The summed E-state index contributed by atoms with van der Waals surface area (Å²) in [5.41, 5.74) is -0.439. The normalized spacial score (nSPS) is 21.1. The van der Waals surface area contributed by atoms with Crippen LogP contribution in [0.5, 0.6) is 0 Å². The minimum Gasteiger partial charge on any atom is -0.480 e. The van der Waals surface area contributed by atoms with Crippen molar-refractivity contribution in [2.24, 2.45) is 0 Å². The van der Waals surface area contributed by atoms with Gasteiger partial charge >= 0.3 is 5.97 Å². The molecule has 16 heavy (non-hydrogen) atoms. The zero-order valence-corrected chi connectivity index (χ0v) is 10.2. The Morgan fingerprint density at radius 3 is 2.44 bits per heavy atom. The maximum absolute atomic E-state index is 11.5. The number of ether oxygens (including phenoxy) is 1. The molecule has 0 bridgehead atoms. The Morgan fingerprint density at radius 1 is 1.56 bits per heavy atom. The van der Waals surface area contributed by atoms with Crippen LogP contribution >= 0.6 is 0 Å². The van der Waals surface area contributed by atoms with Crippen LogP contribution in [0.3, 0.4) is 0 Å². The van der Waals surface area contributed by atoms with Crippen LogP contribution in [0.15, 0.2) is 0 Å². The number of hydrogen-bond donors (Lipinski definition) is 2. The van der Waals surface area contributed by atoms with Gasteiger partial charge in [-0.1, -0.05) is 0 Å². The standard InChI is InChI=1S/C9H17NO5S/c1-7(8(11)12)16(13,14)10-6-9(15-2)4-3-5-9/h7,10H,3-6H2,1-2H3,(H,11,12). The fourth-order valence-corrected chi connectivity index (χ4v) is 2.49. The number of carboxylic acids is 1. The lowest BCUT2D eigenvalue weighted by molar-refractivity contribution is -0.136. The highest BCUT2D eigenvalue weighted by Crippen LogP contribution is 2.34. The van der Waals surface area contributed by atoms with Gasteiger partial charge in [-0.05, 0) is 26.2 Å². The Bertz CT molecular complexity index is 355. The van der Waals surface area contributed by atoms with Crippen LogP contribution < -0.4 is 4.72 Å². The summed E-state index contributed by atoms with van der Waals surface area (Å²) in [5, 5.41) is 7.18. The van der Waals surface area contributed by atoms with E-state index in [0.717, 1.165) is 26.2 Å². The summed E-state index contributed by atoms with van der Waals surface area (Å²) in [6.07, 6.45) is 2.60. The summed E-state index contributed by atoms with van der Waals surface area (Å²) in [7, 11) is -2.27. The molecule has 94 valence electrons. The predicted molar refractivity (Wildman–Crippen MR) is 57.6 cm³/mol. The van der Waals surface area contributed by atoms with Crippen LogP contribution in [0.1, 0.15) is 26.2 Å². The Morgan fingerprint density at radius 2 is 2.12 bits per heavy atom. The first-order chi connectivity index (χ1) is 7.33. The molecule has 1 rings (SSSR count). The molecule has 1 atom stereocenters. The average Bonchev–Trinajstić information content (AvgIpc) is 2.15. The van der Waals surface area contributed by atoms with E-state index >= 15 is 0 Å². The molecule has 1 aliphatic rings. The lowest BCUT2D eigenvalue weighted by Crippen LogP contribution is -2.51. The molecule has 0 aliphatic heterocycles. The number of aliphatic carboxylic acids is 1. The smallest absolute Gasteiger partial charge is 0.323 e. The summed E-state index contributed by atoms with van der Waals surface area (Å²) in [5.74, 6) is -1.35. The zero-order valence-electron chi connectivity index (χ0n) is 9.39. The summed E-state index contributed by atoms with van der Waals surface area (Å²) in [6, 6.07) is 0. The van der Waals surface area contributed by atoms with Crippen molar-refractivity contribution in [1.29, 1.82) is 0 Å². The first-order valence-corrected chi connectivity index (χ1v) is 6.64. The zero-order chi connectivity index (χ0) is 12.4. The topological polar surface area (TPSA) is 92.7 Å². The first-order valence-electron chi connectivity index (χ1n) is 5.09.